The standard InChI is InChI=1S/C11H11N5O3S/c1-8-2-3-20-10(8)5-12-14-11(17)7-15-6-9(4-13-15)16(18)19/h2-6H,7H2,1H3,(H,14,17)/b12-5+. The first-order chi connectivity index (χ1) is 9.56. The lowest BCUT2D eigenvalue weighted by Gasteiger charge is -1.99. The third-order valence-electron chi connectivity index (χ3n) is 2.41. The number of amides is 1. The van der Waals surface area contributed by atoms with Crippen molar-refractivity contribution in [2.75, 3.05) is 0 Å². The normalized spacial score (nSPS) is 10.8. The lowest BCUT2D eigenvalue weighted by molar-refractivity contribution is -0.385. The minimum atomic E-state index is -0.570. The first kappa shape index (κ1) is 13.9. The lowest BCUT2D eigenvalue weighted by Crippen LogP contribution is -2.23. The first-order valence-electron chi connectivity index (χ1n) is 5.59. The van der Waals surface area contributed by atoms with E-state index in [1.54, 1.807) is 6.21 Å². The van der Waals surface area contributed by atoms with Gasteiger partial charge in [0.2, 0.25) is 0 Å². The topological polar surface area (TPSA) is 102 Å². The van der Waals surface area contributed by atoms with E-state index in [1.807, 2.05) is 18.4 Å². The number of nitro groups is 1. The molecule has 0 fully saturated rings. The number of hydrogen-bond acceptors (Lipinski definition) is 6. The quantitative estimate of drug-likeness (QED) is 0.510. The van der Waals surface area contributed by atoms with Crippen LogP contribution in [0.2, 0.25) is 0 Å². The Balaban J connectivity index is 1.87. The van der Waals surface area contributed by atoms with E-state index in [4.69, 9.17) is 0 Å². The maximum Gasteiger partial charge on any atom is 0.307 e. The van der Waals surface area contributed by atoms with Gasteiger partial charge < -0.3 is 0 Å². The predicted molar refractivity (Wildman–Crippen MR) is 73.7 cm³/mol. The van der Waals surface area contributed by atoms with E-state index >= 15 is 0 Å². The highest BCUT2D eigenvalue weighted by Gasteiger charge is 2.10. The molecule has 0 aliphatic rings. The molecule has 2 rings (SSSR count). The molecule has 0 aromatic carbocycles. The minimum absolute atomic E-state index is 0.130. The number of hydrazone groups is 1. The third-order valence-corrected chi connectivity index (χ3v) is 3.36. The maximum absolute atomic E-state index is 11.6. The minimum Gasteiger partial charge on any atom is -0.271 e. The maximum atomic E-state index is 11.6. The number of thiophene rings is 1. The van der Waals surface area contributed by atoms with E-state index in [2.05, 4.69) is 15.6 Å². The molecule has 1 N–H and O–H groups in total. The van der Waals surface area contributed by atoms with Gasteiger partial charge in [0.25, 0.3) is 5.91 Å². The monoisotopic (exact) mass is 293 g/mol. The summed E-state index contributed by atoms with van der Waals surface area (Å²) < 4.78 is 1.18. The van der Waals surface area contributed by atoms with E-state index in [0.717, 1.165) is 16.6 Å². The summed E-state index contributed by atoms with van der Waals surface area (Å²) in [6, 6.07) is 1.96. The van der Waals surface area contributed by atoms with Gasteiger partial charge in [-0.25, -0.2) is 5.43 Å². The summed E-state index contributed by atoms with van der Waals surface area (Å²) in [6.45, 7) is 1.82. The van der Waals surface area contributed by atoms with Crippen LogP contribution in [0.1, 0.15) is 10.4 Å². The molecule has 20 heavy (non-hydrogen) atoms. The Kier molecular flexibility index (Phi) is 4.20. The van der Waals surface area contributed by atoms with Crippen LogP contribution in [-0.4, -0.2) is 26.8 Å². The van der Waals surface area contributed by atoms with Crippen LogP contribution in [0.5, 0.6) is 0 Å². The van der Waals surface area contributed by atoms with E-state index in [9.17, 15) is 14.9 Å². The van der Waals surface area contributed by atoms with Crippen LogP contribution in [0.15, 0.2) is 28.9 Å². The van der Waals surface area contributed by atoms with E-state index in [1.165, 1.54) is 22.2 Å². The number of aromatic nitrogens is 2. The predicted octanol–water partition coefficient (Wildman–Crippen LogP) is 1.31. The second kappa shape index (κ2) is 6.06. The van der Waals surface area contributed by atoms with Crippen molar-refractivity contribution in [2.45, 2.75) is 13.5 Å². The molecule has 2 aromatic heterocycles. The molecule has 9 heteroatoms. The van der Waals surface area contributed by atoms with Gasteiger partial charge in [0.1, 0.15) is 18.9 Å². The molecule has 1 amide bonds. The van der Waals surface area contributed by atoms with Crippen molar-refractivity contribution in [3.05, 3.63) is 44.4 Å². The van der Waals surface area contributed by atoms with Crippen molar-refractivity contribution in [2.24, 2.45) is 5.10 Å². The highest BCUT2D eigenvalue weighted by atomic mass is 32.1. The average molecular weight is 293 g/mol. The van der Waals surface area contributed by atoms with Gasteiger partial charge >= 0.3 is 5.69 Å². The lowest BCUT2D eigenvalue weighted by atomic mass is 10.3. The number of aryl methyl sites for hydroxylation is 1. The van der Waals surface area contributed by atoms with Crippen LogP contribution >= 0.6 is 11.3 Å². The molecular formula is C11H11N5O3S. The van der Waals surface area contributed by atoms with Crippen LogP contribution in [0.4, 0.5) is 5.69 Å². The second-order valence-electron chi connectivity index (χ2n) is 3.91. The van der Waals surface area contributed by atoms with Gasteiger partial charge in [-0.15, -0.1) is 11.3 Å². The highest BCUT2D eigenvalue weighted by molar-refractivity contribution is 7.11. The highest BCUT2D eigenvalue weighted by Crippen LogP contribution is 2.12. The van der Waals surface area contributed by atoms with Crippen molar-refractivity contribution >= 4 is 29.1 Å². The Bertz CT molecular complexity index is 661. The number of rotatable bonds is 5. The Labute approximate surface area is 117 Å². The number of nitrogens with one attached hydrogen (secondary N) is 1. The number of hydrogen-bond donors (Lipinski definition) is 1. The summed E-state index contributed by atoms with van der Waals surface area (Å²) in [5, 5.41) is 19.9. The molecule has 0 saturated carbocycles. The van der Waals surface area contributed by atoms with Crippen LogP contribution in [0.25, 0.3) is 0 Å². The molecule has 0 bridgehead atoms. The molecule has 0 aliphatic carbocycles. The smallest absolute Gasteiger partial charge is 0.271 e. The van der Waals surface area contributed by atoms with Gasteiger partial charge in [0.05, 0.1) is 11.1 Å². The molecule has 0 spiro atoms. The third kappa shape index (κ3) is 3.48. The van der Waals surface area contributed by atoms with E-state index in [0.29, 0.717) is 0 Å². The van der Waals surface area contributed by atoms with Crippen LogP contribution in [0.3, 0.4) is 0 Å². The van der Waals surface area contributed by atoms with Crippen LogP contribution < -0.4 is 5.43 Å². The van der Waals surface area contributed by atoms with E-state index in [-0.39, 0.29) is 12.2 Å². The Morgan fingerprint density at radius 1 is 1.70 bits per heavy atom. The van der Waals surface area contributed by atoms with Crippen molar-refractivity contribution in [3.8, 4) is 0 Å². The molecule has 2 aromatic rings. The van der Waals surface area contributed by atoms with Gasteiger partial charge in [-0.2, -0.15) is 10.2 Å². The molecular weight excluding hydrogens is 282 g/mol. The van der Waals surface area contributed by atoms with Crippen LogP contribution in [-0.2, 0) is 11.3 Å². The van der Waals surface area contributed by atoms with E-state index < -0.39 is 10.8 Å². The summed E-state index contributed by atoms with van der Waals surface area (Å²) in [7, 11) is 0. The molecule has 0 saturated heterocycles. The van der Waals surface area contributed by atoms with Gasteiger partial charge in [-0.05, 0) is 23.9 Å². The summed E-state index contributed by atoms with van der Waals surface area (Å²) >= 11 is 1.52. The summed E-state index contributed by atoms with van der Waals surface area (Å²) in [5.41, 5.74) is 3.26. The average Bonchev–Trinajstić information content (AvgIpc) is 2.99. The van der Waals surface area contributed by atoms with Crippen molar-refractivity contribution in [1.29, 1.82) is 0 Å². The number of carbonyl (C=O) groups is 1. The van der Waals surface area contributed by atoms with Gasteiger partial charge in [-0.3, -0.25) is 19.6 Å². The second-order valence-corrected chi connectivity index (χ2v) is 4.86. The van der Waals surface area contributed by atoms with Gasteiger partial charge in [-0.1, -0.05) is 0 Å². The Hall–Kier alpha value is -2.55. The number of carbonyl (C=O) groups excluding carboxylic acids is 1. The van der Waals surface area contributed by atoms with Crippen molar-refractivity contribution in [3.63, 3.8) is 0 Å². The molecule has 2 heterocycles. The van der Waals surface area contributed by atoms with Crippen LogP contribution in [0, 0.1) is 17.0 Å². The van der Waals surface area contributed by atoms with Crippen molar-refractivity contribution in [1.82, 2.24) is 15.2 Å². The summed E-state index contributed by atoms with van der Waals surface area (Å²) in [4.78, 5) is 22.4. The zero-order valence-corrected chi connectivity index (χ0v) is 11.3. The zero-order valence-electron chi connectivity index (χ0n) is 10.5. The summed E-state index contributed by atoms with van der Waals surface area (Å²) in [5.74, 6) is -0.409. The molecule has 0 aliphatic heterocycles. The van der Waals surface area contributed by atoms with Gasteiger partial charge in [0.15, 0.2) is 0 Å². The fraction of sp³-hybridized carbons (Fsp3) is 0.182. The largest absolute Gasteiger partial charge is 0.307 e. The fourth-order valence-corrected chi connectivity index (χ4v) is 2.18. The summed E-state index contributed by atoms with van der Waals surface area (Å²) in [6.07, 6.45) is 3.84. The van der Waals surface area contributed by atoms with Crippen molar-refractivity contribution < 1.29 is 9.72 Å². The molecule has 0 radical (unpaired) electrons. The zero-order chi connectivity index (χ0) is 14.5. The SMILES string of the molecule is Cc1ccsc1/C=N/NC(=O)Cn1cc([N+](=O)[O-])cn1. The first-order valence-corrected chi connectivity index (χ1v) is 6.47. The molecule has 0 atom stereocenters. The van der Waals surface area contributed by atoms with Gasteiger partial charge in [0, 0.05) is 4.88 Å². The molecule has 0 unspecified atom stereocenters. The Morgan fingerprint density at radius 2 is 2.50 bits per heavy atom. The molecule has 8 nitrogen and oxygen atoms in total. The fourth-order valence-electron chi connectivity index (χ4n) is 1.40. The molecule has 104 valence electrons. The Morgan fingerprint density at radius 3 is 3.10 bits per heavy atom. The number of nitrogens with zero attached hydrogens (tertiary/aromatic N) is 4.